The number of aromatic nitrogens is 3. The fourth-order valence-corrected chi connectivity index (χ4v) is 3.03. The Morgan fingerprint density at radius 1 is 1.07 bits per heavy atom. The monoisotopic (exact) mass is 383 g/mol. The lowest BCUT2D eigenvalue weighted by atomic mass is 10.1. The molecule has 3 heterocycles. The van der Waals surface area contributed by atoms with Crippen LogP contribution >= 0.6 is 0 Å². The van der Waals surface area contributed by atoms with Crippen molar-refractivity contribution in [3.63, 3.8) is 0 Å². The van der Waals surface area contributed by atoms with E-state index in [-0.39, 0.29) is 17.8 Å². The molecule has 0 aliphatic heterocycles. The lowest BCUT2D eigenvalue weighted by Gasteiger charge is -2.17. The average molecular weight is 383 g/mol. The molecule has 0 N–H and O–H groups in total. The quantitative estimate of drug-likeness (QED) is 0.403. The van der Waals surface area contributed by atoms with Gasteiger partial charge in [0.25, 0.3) is 5.65 Å². The summed E-state index contributed by atoms with van der Waals surface area (Å²) in [5.41, 5.74) is -0.650. The molecular weight excluding hydrogens is 371 g/mol. The zero-order valence-electron chi connectivity index (χ0n) is 14.3. The standard InChI is InChI=1S/C20H12F3N3O2/c21-13-5-6-14(15(22)9-13)18-19(27)25-8-2-1-3-17(25)26(20(18)28)11-12-4-7-16(23)24-10-12/h1-10H,11H2. The first-order valence-corrected chi connectivity index (χ1v) is 8.26. The van der Waals surface area contributed by atoms with Crippen LogP contribution in [-0.4, -0.2) is 9.38 Å². The van der Waals surface area contributed by atoms with Crippen molar-refractivity contribution >= 4 is 5.65 Å². The molecule has 0 atom stereocenters. The molecule has 0 bridgehead atoms. The Labute approximate surface area is 156 Å². The summed E-state index contributed by atoms with van der Waals surface area (Å²) in [5, 5.41) is 13.1. The molecule has 0 saturated heterocycles. The highest BCUT2D eigenvalue weighted by atomic mass is 19.1. The van der Waals surface area contributed by atoms with Gasteiger partial charge in [-0.25, -0.2) is 23.1 Å². The van der Waals surface area contributed by atoms with Gasteiger partial charge in [-0.1, -0.05) is 6.07 Å². The summed E-state index contributed by atoms with van der Waals surface area (Å²) in [6.07, 6.45) is 2.71. The summed E-state index contributed by atoms with van der Waals surface area (Å²) in [4.78, 5) is 16.4. The zero-order valence-corrected chi connectivity index (χ0v) is 14.3. The van der Waals surface area contributed by atoms with E-state index in [1.54, 1.807) is 18.2 Å². The van der Waals surface area contributed by atoms with Crippen LogP contribution in [0.3, 0.4) is 0 Å². The summed E-state index contributed by atoms with van der Waals surface area (Å²) in [6.45, 7) is -0.0181. The number of hydrogen-bond donors (Lipinski definition) is 0. The van der Waals surface area contributed by atoms with Gasteiger partial charge in [0.15, 0.2) is 0 Å². The molecule has 140 valence electrons. The Balaban J connectivity index is 2.01. The topological polar surface area (TPSA) is 61.3 Å². The highest BCUT2D eigenvalue weighted by molar-refractivity contribution is 5.67. The molecule has 0 amide bonds. The van der Waals surface area contributed by atoms with E-state index in [9.17, 15) is 23.1 Å². The molecule has 0 unspecified atom stereocenters. The summed E-state index contributed by atoms with van der Waals surface area (Å²) in [5.74, 6) is -3.25. The SMILES string of the molecule is O=c1c(-c2ccc(F)cc2F)c([O-])[n+](Cc2ccc(F)nc2)c2ccccn12. The molecule has 1 aromatic carbocycles. The molecule has 8 heteroatoms. The number of hydrogen-bond acceptors (Lipinski definition) is 3. The van der Waals surface area contributed by atoms with Crippen molar-refractivity contribution in [3.8, 4) is 17.0 Å². The number of nitrogens with zero attached hydrogens (tertiary/aromatic N) is 3. The van der Waals surface area contributed by atoms with Crippen molar-refractivity contribution in [2.24, 2.45) is 0 Å². The van der Waals surface area contributed by atoms with Crippen LogP contribution in [0.2, 0.25) is 0 Å². The van der Waals surface area contributed by atoms with Crippen LogP contribution in [0.4, 0.5) is 13.2 Å². The fraction of sp³-hybridized carbons (Fsp3) is 0.0500. The molecule has 0 fully saturated rings. The minimum absolute atomic E-state index is 0.0181. The summed E-state index contributed by atoms with van der Waals surface area (Å²) < 4.78 is 43.1. The number of rotatable bonds is 3. The van der Waals surface area contributed by atoms with Gasteiger partial charge < -0.3 is 5.11 Å². The van der Waals surface area contributed by atoms with E-state index in [1.807, 2.05) is 0 Å². The summed E-state index contributed by atoms with van der Waals surface area (Å²) >= 11 is 0. The molecular formula is C20H12F3N3O2. The van der Waals surface area contributed by atoms with Gasteiger partial charge in [0.2, 0.25) is 5.95 Å². The molecule has 0 aliphatic rings. The lowest BCUT2D eigenvalue weighted by Crippen LogP contribution is -2.44. The Hall–Kier alpha value is -3.68. The summed E-state index contributed by atoms with van der Waals surface area (Å²) in [7, 11) is 0. The van der Waals surface area contributed by atoms with Crippen molar-refractivity contribution in [2.45, 2.75) is 6.54 Å². The third-order valence-electron chi connectivity index (χ3n) is 4.34. The second-order valence-corrected chi connectivity index (χ2v) is 6.11. The van der Waals surface area contributed by atoms with Crippen LogP contribution in [-0.2, 0) is 6.54 Å². The van der Waals surface area contributed by atoms with Crippen molar-refractivity contribution in [2.75, 3.05) is 0 Å². The lowest BCUT2D eigenvalue weighted by molar-refractivity contribution is -0.708. The molecule has 28 heavy (non-hydrogen) atoms. The van der Waals surface area contributed by atoms with E-state index in [0.717, 1.165) is 18.2 Å². The summed E-state index contributed by atoms with van der Waals surface area (Å²) in [6, 6.07) is 10.1. The first kappa shape index (κ1) is 17.7. The van der Waals surface area contributed by atoms with Crippen LogP contribution < -0.4 is 15.2 Å². The third kappa shape index (κ3) is 2.98. The number of halogens is 3. The average Bonchev–Trinajstić information content (AvgIpc) is 2.68. The largest absolute Gasteiger partial charge is 0.842 e. The molecule has 4 aromatic rings. The highest BCUT2D eigenvalue weighted by Gasteiger charge is 2.22. The molecule has 0 aliphatic carbocycles. The maximum atomic E-state index is 14.3. The van der Waals surface area contributed by atoms with Gasteiger partial charge in [-0.3, -0.25) is 0 Å². The van der Waals surface area contributed by atoms with Gasteiger partial charge in [0, 0.05) is 29.5 Å². The first-order chi connectivity index (χ1) is 13.5. The number of pyridine rings is 2. The molecule has 0 radical (unpaired) electrons. The van der Waals surface area contributed by atoms with Crippen LogP contribution in [0.25, 0.3) is 16.8 Å². The Kier molecular flexibility index (Phi) is 4.31. The second kappa shape index (κ2) is 6.80. The van der Waals surface area contributed by atoms with E-state index in [4.69, 9.17) is 0 Å². The highest BCUT2D eigenvalue weighted by Crippen LogP contribution is 2.25. The van der Waals surface area contributed by atoms with Crippen LogP contribution in [0.5, 0.6) is 5.88 Å². The second-order valence-electron chi connectivity index (χ2n) is 6.11. The van der Waals surface area contributed by atoms with E-state index >= 15 is 0 Å². The van der Waals surface area contributed by atoms with Crippen LogP contribution in [0.1, 0.15) is 5.56 Å². The maximum absolute atomic E-state index is 14.3. The predicted octanol–water partition coefficient (Wildman–Crippen LogP) is 2.19. The normalized spacial score (nSPS) is 11.1. The van der Waals surface area contributed by atoms with Gasteiger partial charge in [-0.2, -0.15) is 8.79 Å². The minimum Gasteiger partial charge on any atom is -0.842 e. The van der Waals surface area contributed by atoms with Crippen LogP contribution in [0.15, 0.2) is 65.7 Å². The van der Waals surface area contributed by atoms with Gasteiger partial charge >= 0.3 is 5.56 Å². The molecule has 3 aromatic heterocycles. The predicted molar refractivity (Wildman–Crippen MR) is 92.0 cm³/mol. The molecule has 0 spiro atoms. The molecule has 4 rings (SSSR count). The maximum Gasteiger partial charge on any atom is 0.349 e. The van der Waals surface area contributed by atoms with Gasteiger partial charge in [0.1, 0.15) is 23.7 Å². The van der Waals surface area contributed by atoms with E-state index in [2.05, 4.69) is 4.98 Å². The Morgan fingerprint density at radius 2 is 1.89 bits per heavy atom. The fourth-order valence-electron chi connectivity index (χ4n) is 3.03. The smallest absolute Gasteiger partial charge is 0.349 e. The van der Waals surface area contributed by atoms with Crippen molar-refractivity contribution < 1.29 is 22.8 Å². The van der Waals surface area contributed by atoms with Crippen molar-refractivity contribution in [1.29, 1.82) is 0 Å². The minimum atomic E-state index is -1.01. The zero-order chi connectivity index (χ0) is 19.8. The van der Waals surface area contributed by atoms with Gasteiger partial charge in [-0.05, 0) is 30.3 Å². The van der Waals surface area contributed by atoms with Gasteiger partial charge in [-0.15, -0.1) is 0 Å². The number of fused-ring (bicyclic) bond motifs is 1. The Bertz CT molecular complexity index is 1250. The van der Waals surface area contributed by atoms with E-state index in [0.29, 0.717) is 11.6 Å². The van der Waals surface area contributed by atoms with Gasteiger partial charge in [0.05, 0.1) is 12.1 Å². The third-order valence-corrected chi connectivity index (χ3v) is 4.34. The van der Waals surface area contributed by atoms with Crippen LogP contribution in [0, 0.1) is 17.6 Å². The molecule has 0 saturated carbocycles. The van der Waals surface area contributed by atoms with Crippen molar-refractivity contribution in [3.05, 3.63) is 94.4 Å². The van der Waals surface area contributed by atoms with E-state index in [1.165, 1.54) is 27.4 Å². The van der Waals surface area contributed by atoms with E-state index < -0.39 is 34.6 Å². The number of benzene rings is 1. The first-order valence-electron chi connectivity index (χ1n) is 8.26. The Morgan fingerprint density at radius 3 is 2.61 bits per heavy atom. The van der Waals surface area contributed by atoms with Crippen molar-refractivity contribution in [1.82, 2.24) is 9.38 Å². The molecule has 5 nitrogen and oxygen atoms in total.